The molecule has 1 aliphatic carbocycles. The summed E-state index contributed by atoms with van der Waals surface area (Å²) >= 11 is 0.881. The summed E-state index contributed by atoms with van der Waals surface area (Å²) in [5, 5.41) is 0. The fraction of sp³-hybridized carbons (Fsp3) is 0.739. The maximum absolute atomic E-state index is 13.6. The highest BCUT2D eigenvalue weighted by atomic mass is 32.2. The zero-order valence-electron chi connectivity index (χ0n) is 20.8. The van der Waals surface area contributed by atoms with Crippen molar-refractivity contribution in [2.45, 2.75) is 42.7 Å². The van der Waals surface area contributed by atoms with Crippen LogP contribution >= 0.6 is 11.3 Å². The van der Waals surface area contributed by atoms with E-state index in [1.165, 1.54) is 40.5 Å². The predicted molar refractivity (Wildman–Crippen MR) is 136 cm³/mol. The average Bonchev–Trinajstić information content (AvgIpc) is 3.39. The number of ether oxygens (including phenoxy) is 1. The molecule has 0 N–H and O–H groups in total. The molecule has 4 rings (SSSR count). The van der Waals surface area contributed by atoms with E-state index in [1.807, 2.05) is 0 Å². The van der Waals surface area contributed by atoms with Gasteiger partial charge in [0.05, 0.1) is 19.3 Å². The number of piperazine rings is 1. The van der Waals surface area contributed by atoms with E-state index in [-0.39, 0.29) is 40.5 Å². The van der Waals surface area contributed by atoms with Crippen LogP contribution in [0, 0.1) is 17.8 Å². The Morgan fingerprint density at radius 3 is 2.19 bits per heavy atom. The number of carbonyl (C=O) groups excluding carboxylic acids is 2. The van der Waals surface area contributed by atoms with E-state index in [2.05, 4.69) is 0 Å². The van der Waals surface area contributed by atoms with Crippen LogP contribution in [0.25, 0.3) is 0 Å². The van der Waals surface area contributed by atoms with E-state index in [0.29, 0.717) is 32.0 Å². The summed E-state index contributed by atoms with van der Waals surface area (Å²) in [7, 11) is -5.95. The molecular weight excluding hydrogens is 526 g/mol. The molecule has 0 radical (unpaired) electrons. The molecule has 10 nitrogen and oxygen atoms in total. The lowest BCUT2D eigenvalue weighted by atomic mass is 9.74. The SMILES string of the molecule is COC(=O)c1ccc(S(=O)(=O)N2CC(C(=O)N3CCN(S(C)(=O)=O)CC3)CC(C3CCCCC3)C2)s1. The van der Waals surface area contributed by atoms with Crippen molar-refractivity contribution < 1.29 is 31.2 Å². The summed E-state index contributed by atoms with van der Waals surface area (Å²) in [6.07, 6.45) is 7.31. The molecule has 3 heterocycles. The molecule has 202 valence electrons. The first-order valence-corrected chi connectivity index (χ1v) is 16.5. The van der Waals surface area contributed by atoms with Gasteiger partial charge in [-0.2, -0.15) is 8.61 Å². The highest BCUT2D eigenvalue weighted by molar-refractivity contribution is 7.91. The van der Waals surface area contributed by atoms with Gasteiger partial charge < -0.3 is 9.64 Å². The van der Waals surface area contributed by atoms with E-state index >= 15 is 0 Å². The zero-order valence-corrected chi connectivity index (χ0v) is 23.2. The number of rotatable bonds is 6. The van der Waals surface area contributed by atoms with Crippen molar-refractivity contribution in [1.82, 2.24) is 13.5 Å². The summed E-state index contributed by atoms with van der Waals surface area (Å²) in [5.74, 6) is -0.708. The molecule has 13 heteroatoms. The minimum atomic E-state index is -3.89. The standard InChI is InChI=1S/C23H35N3O7S3/c1-33-23(28)20-8-9-21(34-20)36(31,32)26-15-18(17-6-4-3-5-7-17)14-19(16-26)22(27)24-10-12-25(13-11-24)35(2,29)30/h8-9,17-19H,3-7,10-16H2,1-2H3. The first kappa shape index (κ1) is 27.5. The number of methoxy groups -OCH3 is 1. The van der Waals surface area contributed by atoms with Crippen LogP contribution in [-0.2, 0) is 29.6 Å². The van der Waals surface area contributed by atoms with E-state index in [9.17, 15) is 26.4 Å². The van der Waals surface area contributed by atoms with Crippen LogP contribution in [0.4, 0.5) is 0 Å². The van der Waals surface area contributed by atoms with Crippen molar-refractivity contribution in [3.8, 4) is 0 Å². The molecule has 0 bridgehead atoms. The molecule has 3 fully saturated rings. The number of thiophene rings is 1. The number of hydrogen-bond acceptors (Lipinski definition) is 8. The smallest absolute Gasteiger partial charge is 0.348 e. The molecular formula is C23H35N3O7S3. The van der Waals surface area contributed by atoms with Gasteiger partial charge in [-0.15, -0.1) is 11.3 Å². The van der Waals surface area contributed by atoms with Crippen molar-refractivity contribution in [3.05, 3.63) is 17.0 Å². The minimum Gasteiger partial charge on any atom is -0.465 e. The lowest BCUT2D eigenvalue weighted by molar-refractivity contribution is -0.139. The second-order valence-corrected chi connectivity index (χ2v) is 15.2. The van der Waals surface area contributed by atoms with Crippen LogP contribution in [0.2, 0.25) is 0 Å². The molecule has 2 atom stereocenters. The van der Waals surface area contributed by atoms with Gasteiger partial charge in [0.15, 0.2) is 0 Å². The van der Waals surface area contributed by atoms with Crippen molar-refractivity contribution in [2.75, 3.05) is 52.6 Å². The molecule has 2 aliphatic heterocycles. The maximum atomic E-state index is 13.6. The highest BCUT2D eigenvalue weighted by Crippen LogP contribution is 2.39. The van der Waals surface area contributed by atoms with Crippen molar-refractivity contribution in [1.29, 1.82) is 0 Å². The third kappa shape index (κ3) is 5.95. The van der Waals surface area contributed by atoms with Gasteiger partial charge in [0, 0.05) is 39.3 Å². The Bertz CT molecular complexity index is 1170. The van der Waals surface area contributed by atoms with Gasteiger partial charge in [0.2, 0.25) is 15.9 Å². The first-order chi connectivity index (χ1) is 17.0. The van der Waals surface area contributed by atoms with E-state index in [4.69, 9.17) is 4.74 Å². The van der Waals surface area contributed by atoms with E-state index in [1.54, 1.807) is 4.90 Å². The third-order valence-electron chi connectivity index (χ3n) is 7.70. The summed E-state index contributed by atoms with van der Waals surface area (Å²) in [5.41, 5.74) is 0. The first-order valence-electron chi connectivity index (χ1n) is 12.4. The van der Waals surface area contributed by atoms with Crippen LogP contribution in [0.3, 0.4) is 0 Å². The Morgan fingerprint density at radius 1 is 0.917 bits per heavy atom. The molecule has 0 aromatic carbocycles. The number of sulfonamides is 2. The van der Waals surface area contributed by atoms with Gasteiger partial charge in [-0.05, 0) is 30.4 Å². The zero-order chi connectivity index (χ0) is 26.1. The highest BCUT2D eigenvalue weighted by Gasteiger charge is 2.42. The van der Waals surface area contributed by atoms with Crippen LogP contribution in [0.5, 0.6) is 0 Å². The fourth-order valence-corrected chi connectivity index (χ4v) is 9.46. The van der Waals surface area contributed by atoms with Gasteiger partial charge in [-0.25, -0.2) is 21.6 Å². The fourth-order valence-electron chi connectivity index (χ4n) is 5.71. The second kappa shape index (κ2) is 11.1. The number of esters is 1. The molecule has 36 heavy (non-hydrogen) atoms. The molecule has 2 unspecified atom stereocenters. The third-order valence-corrected chi connectivity index (χ3v) is 12.4. The molecule has 1 aromatic rings. The van der Waals surface area contributed by atoms with Gasteiger partial charge in [0.1, 0.15) is 9.09 Å². The summed E-state index contributed by atoms with van der Waals surface area (Å²) in [6.45, 7) is 1.55. The Morgan fingerprint density at radius 2 is 1.58 bits per heavy atom. The Balaban J connectivity index is 1.54. The lowest BCUT2D eigenvalue weighted by Gasteiger charge is -2.43. The number of hydrogen-bond donors (Lipinski definition) is 0. The Labute approximate surface area is 217 Å². The lowest BCUT2D eigenvalue weighted by Crippen LogP contribution is -2.55. The maximum Gasteiger partial charge on any atom is 0.348 e. The second-order valence-electron chi connectivity index (χ2n) is 10.0. The van der Waals surface area contributed by atoms with Gasteiger partial charge in [-0.3, -0.25) is 4.79 Å². The number of piperidine rings is 1. The normalized spacial score (nSPS) is 25.6. The predicted octanol–water partition coefficient (Wildman–Crippen LogP) is 1.85. The average molecular weight is 562 g/mol. The van der Waals surface area contributed by atoms with Crippen LogP contribution in [-0.4, -0.2) is 94.9 Å². The van der Waals surface area contributed by atoms with Crippen LogP contribution in [0.15, 0.2) is 16.3 Å². The summed E-state index contributed by atoms with van der Waals surface area (Å²) < 4.78 is 58.5. The van der Waals surface area contributed by atoms with Crippen molar-refractivity contribution in [3.63, 3.8) is 0 Å². The summed E-state index contributed by atoms with van der Waals surface area (Å²) in [6, 6.07) is 2.88. The molecule has 0 spiro atoms. The minimum absolute atomic E-state index is 0.0696. The van der Waals surface area contributed by atoms with Crippen LogP contribution in [0.1, 0.15) is 48.2 Å². The molecule has 1 amide bonds. The monoisotopic (exact) mass is 561 g/mol. The van der Waals surface area contributed by atoms with Gasteiger partial charge in [-0.1, -0.05) is 32.1 Å². The molecule has 1 aromatic heterocycles. The molecule has 1 saturated carbocycles. The topological polar surface area (TPSA) is 121 Å². The van der Waals surface area contributed by atoms with E-state index in [0.717, 1.165) is 37.0 Å². The largest absolute Gasteiger partial charge is 0.465 e. The Hall–Kier alpha value is -1.54. The molecule has 3 aliphatic rings. The van der Waals surface area contributed by atoms with Crippen molar-refractivity contribution in [2.24, 2.45) is 17.8 Å². The van der Waals surface area contributed by atoms with Gasteiger partial charge >= 0.3 is 5.97 Å². The van der Waals surface area contributed by atoms with Crippen LogP contribution < -0.4 is 0 Å². The number of carbonyl (C=O) groups is 2. The molecule has 2 saturated heterocycles. The van der Waals surface area contributed by atoms with E-state index < -0.39 is 31.9 Å². The quantitative estimate of drug-likeness (QED) is 0.486. The van der Waals surface area contributed by atoms with Crippen molar-refractivity contribution >= 4 is 43.3 Å². The number of amides is 1. The Kier molecular flexibility index (Phi) is 8.45. The van der Waals surface area contributed by atoms with Gasteiger partial charge in [0.25, 0.3) is 10.0 Å². The number of nitrogens with zero attached hydrogens (tertiary/aromatic N) is 3. The summed E-state index contributed by atoms with van der Waals surface area (Å²) in [4.78, 5) is 27.3.